The number of aliphatic imine (C=N–C) groups is 1. The molecule has 2 heterocycles. The zero-order valence-electron chi connectivity index (χ0n) is 20.5. The molecule has 2 aromatic rings. The molecule has 198 valence electrons. The molecule has 0 aliphatic carbocycles. The van der Waals surface area contributed by atoms with Crippen LogP contribution in [0.4, 0.5) is 10.5 Å². The summed E-state index contributed by atoms with van der Waals surface area (Å²) in [5.74, 6) is -0.721. The number of alkyl carbamates (subject to hydrolysis) is 1. The van der Waals surface area contributed by atoms with Crippen LogP contribution in [0.15, 0.2) is 53.5 Å². The number of anilines is 1. The quantitative estimate of drug-likeness (QED) is 0.542. The number of hydrogen-bond acceptors (Lipinski definition) is 6. The van der Waals surface area contributed by atoms with E-state index in [4.69, 9.17) is 27.9 Å². The van der Waals surface area contributed by atoms with E-state index in [0.717, 1.165) is 5.56 Å². The van der Waals surface area contributed by atoms with Crippen molar-refractivity contribution in [1.29, 1.82) is 0 Å². The van der Waals surface area contributed by atoms with E-state index in [1.807, 2.05) is 30.3 Å². The number of fused-ring (bicyclic) bond motifs is 1. The average Bonchev–Trinajstić information content (AvgIpc) is 3.25. The second kappa shape index (κ2) is 10.8. The molecular formula is C25H27Cl2N3O5S2. The van der Waals surface area contributed by atoms with Gasteiger partial charge in [-0.1, -0.05) is 71.4 Å². The monoisotopic (exact) mass is 583 g/mol. The molecule has 2 aromatic carbocycles. The van der Waals surface area contributed by atoms with Gasteiger partial charge in [0.1, 0.15) is 11.6 Å². The molecule has 8 nitrogen and oxygen atoms in total. The molecule has 2 amide bonds. The maximum atomic E-state index is 13.5. The minimum Gasteiger partial charge on any atom is -0.444 e. The van der Waals surface area contributed by atoms with E-state index >= 15 is 0 Å². The van der Waals surface area contributed by atoms with Crippen LogP contribution < -0.4 is 10.2 Å². The maximum Gasteiger partial charge on any atom is 0.408 e. The Morgan fingerprint density at radius 1 is 1.14 bits per heavy atom. The van der Waals surface area contributed by atoms with Gasteiger partial charge in [0.2, 0.25) is 0 Å². The van der Waals surface area contributed by atoms with Crippen LogP contribution in [0, 0.1) is 0 Å². The largest absolute Gasteiger partial charge is 0.444 e. The van der Waals surface area contributed by atoms with Crippen molar-refractivity contribution in [2.24, 2.45) is 4.99 Å². The lowest BCUT2D eigenvalue weighted by Gasteiger charge is -2.26. The number of carbonyl (C=O) groups is 2. The summed E-state index contributed by atoms with van der Waals surface area (Å²) >= 11 is 13.9. The highest BCUT2D eigenvalue weighted by Crippen LogP contribution is 2.44. The number of amidine groups is 1. The predicted octanol–water partition coefficient (Wildman–Crippen LogP) is 4.73. The number of thioether (sulfide) groups is 1. The summed E-state index contributed by atoms with van der Waals surface area (Å²) in [7, 11) is -3.26. The zero-order valence-corrected chi connectivity index (χ0v) is 23.6. The summed E-state index contributed by atoms with van der Waals surface area (Å²) in [6, 6.07) is 12.8. The molecule has 0 spiro atoms. The first kappa shape index (κ1) is 27.8. The third-order valence-electron chi connectivity index (χ3n) is 5.73. The van der Waals surface area contributed by atoms with Crippen LogP contribution in [-0.4, -0.2) is 60.0 Å². The summed E-state index contributed by atoms with van der Waals surface area (Å²) in [5.41, 5.74) is 0.548. The molecule has 0 radical (unpaired) electrons. The van der Waals surface area contributed by atoms with E-state index in [1.165, 1.54) is 11.8 Å². The average molecular weight is 585 g/mol. The molecule has 1 N–H and O–H groups in total. The van der Waals surface area contributed by atoms with Gasteiger partial charge in [-0.05, 0) is 38.5 Å². The Kier molecular flexibility index (Phi) is 8.13. The SMILES string of the molecule is CC(C)(C)OC(=O)N[C@H](Cc1ccccc1)C(=O)N=C1S[C@@H]2CS(=O)(=O)C[C@H]2N1c1cccc(Cl)c1Cl. The summed E-state index contributed by atoms with van der Waals surface area (Å²) in [6.45, 7) is 5.19. The van der Waals surface area contributed by atoms with Crippen LogP contribution in [-0.2, 0) is 25.8 Å². The van der Waals surface area contributed by atoms with Crippen molar-refractivity contribution in [3.63, 3.8) is 0 Å². The van der Waals surface area contributed by atoms with Gasteiger partial charge >= 0.3 is 6.09 Å². The molecular weight excluding hydrogens is 557 g/mol. The Bertz CT molecular complexity index is 1330. The first-order valence-corrected chi connectivity index (χ1v) is 15.0. The van der Waals surface area contributed by atoms with Gasteiger partial charge in [0, 0.05) is 11.7 Å². The molecule has 2 aliphatic heterocycles. The Morgan fingerprint density at radius 3 is 2.51 bits per heavy atom. The molecule has 2 saturated heterocycles. The van der Waals surface area contributed by atoms with Crippen LogP contribution in [0.5, 0.6) is 0 Å². The third kappa shape index (κ3) is 6.79. The summed E-state index contributed by atoms with van der Waals surface area (Å²) in [5, 5.41) is 3.17. The van der Waals surface area contributed by atoms with Crippen molar-refractivity contribution in [3.8, 4) is 0 Å². The van der Waals surface area contributed by atoms with Crippen molar-refractivity contribution in [2.45, 2.75) is 50.1 Å². The number of carbonyl (C=O) groups excluding carboxylic acids is 2. The molecule has 2 fully saturated rings. The Morgan fingerprint density at radius 2 is 1.84 bits per heavy atom. The fraction of sp³-hybridized carbons (Fsp3) is 0.400. The Labute approximate surface area is 230 Å². The van der Waals surface area contributed by atoms with Gasteiger partial charge in [-0.3, -0.25) is 4.79 Å². The van der Waals surface area contributed by atoms with E-state index < -0.39 is 39.5 Å². The molecule has 3 atom stereocenters. The van der Waals surface area contributed by atoms with Gasteiger partial charge < -0.3 is 15.0 Å². The van der Waals surface area contributed by atoms with Gasteiger partial charge in [0.15, 0.2) is 15.0 Å². The lowest BCUT2D eigenvalue weighted by atomic mass is 10.1. The Hall–Kier alpha value is -2.27. The van der Waals surface area contributed by atoms with Crippen LogP contribution in [0.2, 0.25) is 10.0 Å². The summed E-state index contributed by atoms with van der Waals surface area (Å²) < 4.78 is 30.1. The van der Waals surface area contributed by atoms with E-state index in [2.05, 4.69) is 10.3 Å². The predicted molar refractivity (Wildman–Crippen MR) is 149 cm³/mol. The molecule has 2 aliphatic rings. The smallest absolute Gasteiger partial charge is 0.408 e. The number of benzene rings is 2. The van der Waals surface area contributed by atoms with Crippen LogP contribution in [0.25, 0.3) is 0 Å². The van der Waals surface area contributed by atoms with E-state index in [-0.39, 0.29) is 28.2 Å². The van der Waals surface area contributed by atoms with E-state index in [0.29, 0.717) is 15.9 Å². The van der Waals surface area contributed by atoms with Crippen molar-refractivity contribution in [3.05, 3.63) is 64.1 Å². The molecule has 0 saturated carbocycles. The molecule has 4 rings (SSSR count). The van der Waals surface area contributed by atoms with Gasteiger partial charge in [0.25, 0.3) is 5.91 Å². The number of amides is 2. The first-order chi connectivity index (χ1) is 17.3. The van der Waals surface area contributed by atoms with Crippen LogP contribution in [0.3, 0.4) is 0 Å². The highest BCUT2D eigenvalue weighted by molar-refractivity contribution is 8.16. The zero-order chi connectivity index (χ0) is 27.0. The topological polar surface area (TPSA) is 105 Å². The maximum absolute atomic E-state index is 13.5. The lowest BCUT2D eigenvalue weighted by molar-refractivity contribution is -0.119. The lowest BCUT2D eigenvalue weighted by Crippen LogP contribution is -2.45. The van der Waals surface area contributed by atoms with Crippen molar-refractivity contribution >= 4 is 67.7 Å². The number of rotatable bonds is 5. The van der Waals surface area contributed by atoms with Crippen LogP contribution in [0.1, 0.15) is 26.3 Å². The van der Waals surface area contributed by atoms with Crippen molar-refractivity contribution in [2.75, 3.05) is 16.4 Å². The first-order valence-electron chi connectivity index (χ1n) is 11.6. The van der Waals surface area contributed by atoms with E-state index in [9.17, 15) is 18.0 Å². The van der Waals surface area contributed by atoms with Gasteiger partial charge in [0.05, 0.1) is 33.3 Å². The van der Waals surface area contributed by atoms with Crippen LogP contribution >= 0.6 is 35.0 Å². The van der Waals surface area contributed by atoms with Gasteiger partial charge in [-0.25, -0.2) is 13.2 Å². The highest BCUT2D eigenvalue weighted by Gasteiger charge is 2.50. The van der Waals surface area contributed by atoms with E-state index in [1.54, 1.807) is 43.9 Å². The fourth-order valence-corrected chi connectivity index (χ4v) is 8.50. The Balaban J connectivity index is 1.68. The number of halogens is 2. The minimum absolute atomic E-state index is 0.0339. The number of hydrogen-bond donors (Lipinski definition) is 1. The fourth-order valence-electron chi connectivity index (χ4n) is 4.20. The standard InChI is InChI=1S/C25H27Cl2N3O5S2/c1-25(2,3)35-24(32)28-17(12-15-8-5-4-6-9-15)22(31)29-23-30(18-11-7-10-16(26)21(18)27)19-13-37(33,34)14-20(19)36-23/h4-11,17,19-20H,12-14H2,1-3H3,(H,28,32)/t17-,19-,20-/m1/s1. The summed E-state index contributed by atoms with van der Waals surface area (Å²) in [4.78, 5) is 32.1. The molecule has 37 heavy (non-hydrogen) atoms. The van der Waals surface area contributed by atoms with Gasteiger partial charge in [-0.15, -0.1) is 0 Å². The third-order valence-corrected chi connectivity index (χ3v) is 9.75. The second-order valence-electron chi connectivity index (χ2n) is 9.86. The number of nitrogens with one attached hydrogen (secondary N) is 1. The van der Waals surface area contributed by atoms with Gasteiger partial charge in [-0.2, -0.15) is 4.99 Å². The molecule has 0 bridgehead atoms. The highest BCUT2D eigenvalue weighted by atomic mass is 35.5. The number of nitrogens with zero attached hydrogens (tertiary/aromatic N) is 2. The minimum atomic E-state index is -3.26. The molecule has 12 heteroatoms. The summed E-state index contributed by atoms with van der Waals surface area (Å²) in [6.07, 6.45) is -0.543. The normalized spacial score (nSPS) is 22.5. The number of sulfone groups is 1. The molecule has 0 aromatic heterocycles. The number of ether oxygens (including phenoxy) is 1. The second-order valence-corrected chi connectivity index (χ2v) is 14.0. The van der Waals surface area contributed by atoms with Crippen molar-refractivity contribution < 1.29 is 22.7 Å². The molecule has 0 unspecified atom stereocenters. The van der Waals surface area contributed by atoms with Crippen molar-refractivity contribution in [1.82, 2.24) is 5.32 Å².